The van der Waals surface area contributed by atoms with E-state index >= 15 is 0 Å². The minimum absolute atomic E-state index is 0.139. The van der Waals surface area contributed by atoms with Crippen LogP contribution in [-0.2, 0) is 0 Å². The summed E-state index contributed by atoms with van der Waals surface area (Å²) in [6.45, 7) is 1.29. The predicted molar refractivity (Wildman–Crippen MR) is 68.1 cm³/mol. The van der Waals surface area contributed by atoms with E-state index in [2.05, 4.69) is 0 Å². The molecule has 0 fully saturated rings. The molecule has 2 N–H and O–H groups in total. The molecule has 0 unspecified atom stereocenters. The highest BCUT2D eigenvalue weighted by molar-refractivity contribution is 14.1. The first-order chi connectivity index (χ1) is 7.06. The molecule has 15 heavy (non-hydrogen) atoms. The lowest BCUT2D eigenvalue weighted by molar-refractivity contribution is -0.385. The molecule has 0 bridgehead atoms. The van der Waals surface area contributed by atoms with Gasteiger partial charge in [0.1, 0.15) is 0 Å². The van der Waals surface area contributed by atoms with Gasteiger partial charge in [-0.25, -0.2) is 0 Å². The highest BCUT2D eigenvalue weighted by Crippen LogP contribution is 2.25. The molecule has 0 atom stereocenters. The van der Waals surface area contributed by atoms with Crippen molar-refractivity contribution in [3.8, 4) is 0 Å². The van der Waals surface area contributed by atoms with Gasteiger partial charge in [-0.15, -0.1) is 0 Å². The molecule has 0 aliphatic rings. The van der Waals surface area contributed by atoms with Crippen LogP contribution < -0.4 is 10.6 Å². The summed E-state index contributed by atoms with van der Waals surface area (Å²) in [7, 11) is 1.91. The quantitative estimate of drug-likeness (QED) is 0.519. The summed E-state index contributed by atoms with van der Waals surface area (Å²) in [6.07, 6.45) is 0. The van der Waals surface area contributed by atoms with Crippen molar-refractivity contribution in [1.29, 1.82) is 0 Å². The van der Waals surface area contributed by atoms with E-state index in [0.717, 1.165) is 12.2 Å². The summed E-state index contributed by atoms with van der Waals surface area (Å²) in [6, 6.07) is 5.04. The molecule has 0 spiro atoms. The number of benzene rings is 1. The van der Waals surface area contributed by atoms with E-state index < -0.39 is 0 Å². The zero-order chi connectivity index (χ0) is 11.4. The van der Waals surface area contributed by atoms with Crippen molar-refractivity contribution < 1.29 is 4.92 Å². The van der Waals surface area contributed by atoms with Gasteiger partial charge in [-0.1, -0.05) is 0 Å². The number of nitrogens with zero attached hydrogens (tertiary/aromatic N) is 2. The fraction of sp³-hybridized carbons (Fsp3) is 0.333. The van der Waals surface area contributed by atoms with Crippen molar-refractivity contribution in [3.63, 3.8) is 0 Å². The van der Waals surface area contributed by atoms with Gasteiger partial charge in [0.15, 0.2) is 0 Å². The number of nitro benzene ring substituents is 1. The number of nitro groups is 1. The highest BCUT2D eigenvalue weighted by Gasteiger charge is 2.12. The molecule has 0 saturated heterocycles. The van der Waals surface area contributed by atoms with Crippen LogP contribution in [0.1, 0.15) is 0 Å². The summed E-state index contributed by atoms with van der Waals surface area (Å²) in [5.41, 5.74) is 6.51. The van der Waals surface area contributed by atoms with Gasteiger partial charge in [0.2, 0.25) is 0 Å². The van der Waals surface area contributed by atoms with Crippen LogP contribution in [0.3, 0.4) is 0 Å². The van der Waals surface area contributed by atoms with Gasteiger partial charge in [-0.2, -0.15) is 0 Å². The second kappa shape index (κ2) is 5.26. The van der Waals surface area contributed by atoms with Crippen molar-refractivity contribution in [2.75, 3.05) is 25.0 Å². The van der Waals surface area contributed by atoms with Crippen molar-refractivity contribution in [3.05, 3.63) is 31.9 Å². The van der Waals surface area contributed by atoms with Gasteiger partial charge in [-0.3, -0.25) is 10.1 Å². The molecule has 5 nitrogen and oxygen atoms in total. The molecule has 1 aromatic rings. The molecule has 82 valence electrons. The average molecular weight is 321 g/mol. The van der Waals surface area contributed by atoms with Crippen molar-refractivity contribution >= 4 is 34.0 Å². The Bertz CT molecular complexity index is 370. The highest BCUT2D eigenvalue weighted by atomic mass is 127. The first-order valence-corrected chi connectivity index (χ1v) is 5.49. The van der Waals surface area contributed by atoms with E-state index in [4.69, 9.17) is 5.73 Å². The molecule has 0 aliphatic heterocycles. The summed E-state index contributed by atoms with van der Waals surface area (Å²) < 4.78 is 0.638. The van der Waals surface area contributed by atoms with Crippen LogP contribution in [0.4, 0.5) is 11.4 Å². The van der Waals surface area contributed by atoms with Gasteiger partial charge >= 0.3 is 0 Å². The van der Waals surface area contributed by atoms with E-state index in [0.29, 0.717) is 10.1 Å². The smallest absolute Gasteiger partial charge is 0.282 e. The fourth-order valence-corrected chi connectivity index (χ4v) is 1.90. The maximum atomic E-state index is 10.6. The zero-order valence-electron chi connectivity index (χ0n) is 8.31. The Kier molecular flexibility index (Phi) is 4.28. The van der Waals surface area contributed by atoms with E-state index in [-0.39, 0.29) is 10.6 Å². The van der Waals surface area contributed by atoms with Gasteiger partial charge in [0.05, 0.1) is 8.49 Å². The van der Waals surface area contributed by atoms with Crippen LogP contribution in [0.5, 0.6) is 0 Å². The Morgan fingerprint density at radius 2 is 2.27 bits per heavy atom. The van der Waals surface area contributed by atoms with E-state index in [1.54, 1.807) is 12.1 Å². The van der Waals surface area contributed by atoms with Crippen LogP contribution in [-0.4, -0.2) is 25.1 Å². The monoisotopic (exact) mass is 321 g/mol. The first-order valence-electron chi connectivity index (χ1n) is 4.41. The Morgan fingerprint density at radius 3 is 2.73 bits per heavy atom. The summed E-state index contributed by atoms with van der Waals surface area (Å²) in [5.74, 6) is 0. The van der Waals surface area contributed by atoms with Crippen molar-refractivity contribution in [1.82, 2.24) is 0 Å². The molecule has 0 aliphatic carbocycles. The topological polar surface area (TPSA) is 72.4 Å². The van der Waals surface area contributed by atoms with Crippen LogP contribution in [0, 0.1) is 13.7 Å². The summed E-state index contributed by atoms with van der Waals surface area (Å²) >= 11 is 1.96. The third kappa shape index (κ3) is 3.03. The van der Waals surface area contributed by atoms with Crippen LogP contribution in [0.15, 0.2) is 18.2 Å². The van der Waals surface area contributed by atoms with Crippen LogP contribution in [0.25, 0.3) is 0 Å². The molecular weight excluding hydrogens is 309 g/mol. The molecular formula is C9H12IN3O2. The third-order valence-electron chi connectivity index (χ3n) is 2.03. The Labute approximate surface area is 102 Å². The number of hydrogen-bond donors (Lipinski definition) is 1. The minimum atomic E-state index is -0.380. The number of anilines is 1. The number of halogens is 1. The lowest BCUT2D eigenvalue weighted by Gasteiger charge is -2.18. The molecule has 6 heteroatoms. The molecule has 0 aromatic heterocycles. The van der Waals surface area contributed by atoms with Gasteiger partial charge in [0.25, 0.3) is 5.69 Å². The molecule has 1 aromatic carbocycles. The van der Waals surface area contributed by atoms with Gasteiger partial charge < -0.3 is 10.6 Å². The SMILES string of the molecule is CN(CCN)c1ccc([N+](=O)[O-])c(I)c1. The Morgan fingerprint density at radius 1 is 1.60 bits per heavy atom. The molecule has 1 rings (SSSR count). The maximum Gasteiger partial charge on any atom is 0.282 e. The van der Waals surface area contributed by atoms with Crippen molar-refractivity contribution in [2.45, 2.75) is 0 Å². The summed E-state index contributed by atoms with van der Waals surface area (Å²) in [5, 5.41) is 10.6. The van der Waals surface area contributed by atoms with Crippen molar-refractivity contribution in [2.24, 2.45) is 5.73 Å². The average Bonchev–Trinajstić information content (AvgIpc) is 2.17. The Balaban J connectivity index is 2.96. The van der Waals surface area contributed by atoms with Crippen LogP contribution >= 0.6 is 22.6 Å². The number of rotatable bonds is 4. The van der Waals surface area contributed by atoms with E-state index in [1.165, 1.54) is 6.07 Å². The predicted octanol–water partition coefficient (Wildman–Crippen LogP) is 1.59. The van der Waals surface area contributed by atoms with Gasteiger partial charge in [0, 0.05) is 31.9 Å². The normalized spacial score (nSPS) is 10.1. The van der Waals surface area contributed by atoms with Crippen LogP contribution in [0.2, 0.25) is 0 Å². The fourth-order valence-electron chi connectivity index (χ4n) is 1.20. The first kappa shape index (κ1) is 12.2. The van der Waals surface area contributed by atoms with Gasteiger partial charge in [-0.05, 0) is 34.7 Å². The number of nitrogens with two attached hydrogens (primary N) is 1. The lowest BCUT2D eigenvalue weighted by atomic mass is 10.2. The third-order valence-corrected chi connectivity index (χ3v) is 2.90. The number of hydrogen-bond acceptors (Lipinski definition) is 4. The maximum absolute atomic E-state index is 10.6. The molecule has 0 amide bonds. The Hall–Kier alpha value is -0.890. The summed E-state index contributed by atoms with van der Waals surface area (Å²) in [4.78, 5) is 12.2. The van der Waals surface area contributed by atoms with E-state index in [1.807, 2.05) is 34.5 Å². The second-order valence-corrected chi connectivity index (χ2v) is 4.27. The zero-order valence-corrected chi connectivity index (χ0v) is 10.5. The molecule has 0 saturated carbocycles. The number of likely N-dealkylation sites (N-methyl/N-ethyl adjacent to an activating group) is 1. The molecule has 0 radical (unpaired) electrons. The largest absolute Gasteiger partial charge is 0.373 e. The second-order valence-electron chi connectivity index (χ2n) is 3.10. The van der Waals surface area contributed by atoms with E-state index in [9.17, 15) is 10.1 Å². The standard InChI is InChI=1S/C9H12IN3O2/c1-12(5-4-11)7-2-3-9(13(14)15)8(10)6-7/h2-3,6H,4-5,11H2,1H3. The minimum Gasteiger partial charge on any atom is -0.373 e. The molecule has 0 heterocycles. The lowest BCUT2D eigenvalue weighted by Crippen LogP contribution is -2.24.